The minimum atomic E-state index is -1.40. The average Bonchev–Trinajstić information content (AvgIpc) is 3.87. The zero-order chi connectivity index (χ0) is 45.9. The minimum absolute atomic E-state index is 0.0210. The fourth-order valence-electron chi connectivity index (χ4n) is 11.5. The second kappa shape index (κ2) is 22.3. The van der Waals surface area contributed by atoms with Crippen LogP contribution in [0.2, 0.25) is 0 Å². The van der Waals surface area contributed by atoms with Gasteiger partial charge in [-0.3, -0.25) is 4.79 Å². The maximum atomic E-state index is 15.3. The summed E-state index contributed by atoms with van der Waals surface area (Å²) in [6.07, 6.45) is 14.3. The second-order valence-corrected chi connectivity index (χ2v) is 18.5. The first-order chi connectivity index (χ1) is 32.4. The molecule has 1 aliphatic heterocycles. The maximum Gasteiger partial charge on any atom is 0.412 e. The number of hydrogen-bond acceptors (Lipinski definition) is 9. The normalized spacial score (nSPS) is 23.9. The van der Waals surface area contributed by atoms with Gasteiger partial charge in [0, 0.05) is 50.6 Å². The van der Waals surface area contributed by atoms with Gasteiger partial charge in [-0.05, 0) is 95.5 Å². The molecule has 2 saturated carbocycles. The van der Waals surface area contributed by atoms with Crippen LogP contribution in [0, 0.1) is 23.7 Å². The van der Waals surface area contributed by atoms with Crippen LogP contribution in [0.5, 0.6) is 11.5 Å². The number of hydrogen-bond donors (Lipinski definition) is 3. The van der Waals surface area contributed by atoms with Gasteiger partial charge in [0.2, 0.25) is 11.7 Å². The second-order valence-electron chi connectivity index (χ2n) is 18.5. The Morgan fingerprint density at radius 1 is 0.924 bits per heavy atom. The Morgan fingerprint density at radius 2 is 1.68 bits per heavy atom. The molecule has 0 spiro atoms. The van der Waals surface area contributed by atoms with E-state index in [4.69, 9.17) is 24.2 Å². The van der Waals surface area contributed by atoms with E-state index in [0.717, 1.165) is 83.7 Å². The van der Waals surface area contributed by atoms with Crippen LogP contribution in [0.4, 0.5) is 4.79 Å². The highest BCUT2D eigenvalue weighted by atomic mass is 16.7. The number of rotatable bonds is 21. The summed E-state index contributed by atoms with van der Waals surface area (Å²) in [6, 6.07) is 29.2. The molecule has 4 aromatic carbocycles. The van der Waals surface area contributed by atoms with Crippen LogP contribution in [0.3, 0.4) is 0 Å². The molecule has 4 aliphatic rings. The Hall–Kier alpha value is -5.49. The number of unbranched alkanes of at least 4 members (excludes halogenated alkanes) is 2. The number of benzene rings is 4. The molecule has 0 bridgehead atoms. The molecule has 11 nitrogen and oxygen atoms in total. The first kappa shape index (κ1) is 47.0. The Bertz CT molecular complexity index is 2340. The predicted octanol–water partition coefficient (Wildman–Crippen LogP) is 10.4. The molecule has 8 rings (SSSR count). The molecular formula is C55H67N3O8. The molecule has 3 N–H and O–H groups in total. The van der Waals surface area contributed by atoms with E-state index in [0.29, 0.717) is 56.2 Å². The van der Waals surface area contributed by atoms with Crippen molar-refractivity contribution in [3.8, 4) is 11.5 Å². The third kappa shape index (κ3) is 10.4. The SMILES string of the molecule is C=CCOC12Oc3ccc(OC(=O)NCc4ccccc4)cc3C3C(CCCCO)C(CCCCO)C=C(C(=NOC)CC1N(Cc1cccc4ccccc14)C(=O)CCC1CCCC1)C32. The molecule has 6 unspecified atom stereocenters. The molecule has 1 heterocycles. The maximum absolute atomic E-state index is 15.3. The van der Waals surface area contributed by atoms with Crippen molar-refractivity contribution < 1.29 is 38.9 Å². The number of ether oxygens (including phenoxy) is 3. The lowest BCUT2D eigenvalue weighted by Crippen LogP contribution is -2.70. The summed E-state index contributed by atoms with van der Waals surface area (Å²) >= 11 is 0. The van der Waals surface area contributed by atoms with E-state index in [-0.39, 0.29) is 43.5 Å². The molecule has 2 fully saturated rings. The first-order valence-electron chi connectivity index (χ1n) is 24.2. The van der Waals surface area contributed by atoms with Gasteiger partial charge < -0.3 is 39.5 Å². The third-order valence-corrected chi connectivity index (χ3v) is 14.5. The number of nitrogens with zero attached hydrogens (tertiary/aromatic N) is 2. The van der Waals surface area contributed by atoms with E-state index in [9.17, 15) is 15.0 Å². The number of allylic oxidation sites excluding steroid dienone is 1. The van der Waals surface area contributed by atoms with E-state index in [1.54, 1.807) is 19.3 Å². The molecule has 0 aromatic heterocycles. The fourth-order valence-corrected chi connectivity index (χ4v) is 11.5. The van der Waals surface area contributed by atoms with Crippen LogP contribution in [0.25, 0.3) is 10.8 Å². The summed E-state index contributed by atoms with van der Waals surface area (Å²) in [5.74, 6) is -0.527. The molecule has 350 valence electrons. The molecule has 2 amide bonds. The lowest BCUT2D eigenvalue weighted by Gasteiger charge is -2.60. The number of aliphatic hydroxyl groups is 2. The van der Waals surface area contributed by atoms with Gasteiger partial charge in [0.25, 0.3) is 0 Å². The zero-order valence-electron chi connectivity index (χ0n) is 38.5. The molecular weight excluding hydrogens is 831 g/mol. The monoisotopic (exact) mass is 897 g/mol. The minimum Gasteiger partial charge on any atom is -0.459 e. The van der Waals surface area contributed by atoms with Crippen molar-refractivity contribution in [1.82, 2.24) is 10.2 Å². The molecule has 4 aromatic rings. The van der Waals surface area contributed by atoms with E-state index < -0.39 is 23.8 Å². The third-order valence-electron chi connectivity index (χ3n) is 14.5. The topological polar surface area (TPSA) is 139 Å². The van der Waals surface area contributed by atoms with Crippen LogP contribution in [0.15, 0.2) is 120 Å². The predicted molar refractivity (Wildman–Crippen MR) is 257 cm³/mol. The van der Waals surface area contributed by atoms with Crippen molar-refractivity contribution in [3.63, 3.8) is 0 Å². The van der Waals surface area contributed by atoms with Gasteiger partial charge in [0.05, 0.1) is 18.2 Å². The number of fused-ring (bicyclic) bond motifs is 3. The Kier molecular flexibility index (Phi) is 15.9. The average molecular weight is 898 g/mol. The van der Waals surface area contributed by atoms with Crippen molar-refractivity contribution in [1.29, 1.82) is 0 Å². The van der Waals surface area contributed by atoms with Crippen molar-refractivity contribution in [3.05, 3.63) is 132 Å². The van der Waals surface area contributed by atoms with Crippen molar-refractivity contribution >= 4 is 28.5 Å². The standard InChI is InChI=1S/C55H67N3O8/c1-3-32-64-55-50(58(51(61)29-26-38-16-7-8-17-38)37-42-23-15-22-40-20-9-10-24-44(40)42)35-48(57-63-2)46-33-41(21-11-13-30-59)45(25-12-14-31-60)52(53(46)55)47-34-43(27-28-49(47)66-55)65-54(62)56-36-39-18-5-4-6-19-39/h3-6,9-10,15,18-20,22-24,27-28,33-34,38,41,45,50,52-53,59-60H,1,7-8,11-14,16-17,21,25-26,29-32,35-37H2,2H3,(H,56,62). The van der Waals surface area contributed by atoms with Crippen LogP contribution < -0.4 is 14.8 Å². The number of carbonyl (C=O) groups is 2. The van der Waals surface area contributed by atoms with E-state index in [1.807, 2.05) is 59.5 Å². The van der Waals surface area contributed by atoms with Crippen LogP contribution in [-0.2, 0) is 27.5 Å². The highest BCUT2D eigenvalue weighted by Gasteiger charge is 2.65. The number of oxime groups is 1. The number of amides is 2. The summed E-state index contributed by atoms with van der Waals surface area (Å²) in [4.78, 5) is 36.4. The van der Waals surface area contributed by atoms with E-state index >= 15 is 4.79 Å². The van der Waals surface area contributed by atoms with Crippen LogP contribution >= 0.6 is 0 Å². The Morgan fingerprint density at radius 3 is 2.45 bits per heavy atom. The van der Waals surface area contributed by atoms with Gasteiger partial charge in [0.1, 0.15) is 24.7 Å². The van der Waals surface area contributed by atoms with Gasteiger partial charge >= 0.3 is 6.09 Å². The van der Waals surface area contributed by atoms with Gasteiger partial charge in [-0.25, -0.2) is 4.79 Å². The summed E-state index contributed by atoms with van der Waals surface area (Å²) < 4.78 is 20.7. The zero-order valence-corrected chi connectivity index (χ0v) is 38.5. The summed E-state index contributed by atoms with van der Waals surface area (Å²) in [7, 11) is 1.56. The quantitative estimate of drug-likeness (QED) is 0.0427. The number of carbonyl (C=O) groups excluding carboxylic acids is 2. The molecule has 11 heteroatoms. The summed E-state index contributed by atoms with van der Waals surface area (Å²) in [5.41, 5.74) is 4.56. The van der Waals surface area contributed by atoms with Crippen molar-refractivity contribution in [2.24, 2.45) is 28.8 Å². The fraction of sp³-hybridized carbons (Fsp3) is 0.473. The first-order valence-corrected chi connectivity index (χ1v) is 24.2. The lowest BCUT2D eigenvalue weighted by atomic mass is 9.55. The Balaban J connectivity index is 1.28. The van der Waals surface area contributed by atoms with Crippen molar-refractivity contribution in [2.75, 3.05) is 26.9 Å². The van der Waals surface area contributed by atoms with E-state index in [1.165, 1.54) is 12.8 Å². The van der Waals surface area contributed by atoms with Gasteiger partial charge in [0.15, 0.2) is 0 Å². The van der Waals surface area contributed by atoms with Crippen molar-refractivity contribution in [2.45, 2.75) is 114 Å². The molecule has 0 saturated heterocycles. The van der Waals surface area contributed by atoms with Crippen LogP contribution in [-0.4, -0.2) is 71.6 Å². The number of nitrogens with one attached hydrogen (secondary N) is 1. The smallest absolute Gasteiger partial charge is 0.412 e. The largest absolute Gasteiger partial charge is 0.459 e. The summed E-state index contributed by atoms with van der Waals surface area (Å²) in [6.45, 7) is 5.09. The highest BCUT2D eigenvalue weighted by Crippen LogP contribution is 2.62. The molecule has 6 atom stereocenters. The van der Waals surface area contributed by atoms with Gasteiger partial charge in [-0.15, -0.1) is 6.58 Å². The van der Waals surface area contributed by atoms with Gasteiger partial charge in [-0.2, -0.15) is 0 Å². The van der Waals surface area contributed by atoms with E-state index in [2.05, 4.69) is 48.3 Å². The van der Waals surface area contributed by atoms with Crippen LogP contribution in [0.1, 0.15) is 106 Å². The Labute approximate surface area is 389 Å². The van der Waals surface area contributed by atoms with Gasteiger partial charge in [-0.1, -0.05) is 129 Å². The highest BCUT2D eigenvalue weighted by molar-refractivity contribution is 6.03. The summed E-state index contributed by atoms with van der Waals surface area (Å²) in [5, 5.41) is 29.8. The molecule has 66 heavy (non-hydrogen) atoms. The molecule has 3 aliphatic carbocycles. The number of aliphatic hydroxyl groups excluding tert-OH is 2. The molecule has 0 radical (unpaired) electrons. The lowest BCUT2D eigenvalue weighted by molar-refractivity contribution is -0.258.